The molecule has 8 heteroatoms. The van der Waals surface area contributed by atoms with Crippen LogP contribution in [-0.2, 0) is 0 Å². The van der Waals surface area contributed by atoms with E-state index in [0.717, 1.165) is 27.2 Å². The van der Waals surface area contributed by atoms with Gasteiger partial charge < -0.3 is 0 Å². The molecule has 0 radical (unpaired) electrons. The van der Waals surface area contributed by atoms with Crippen molar-refractivity contribution in [1.82, 2.24) is 0 Å². The molecule has 3 rings (SSSR count). The van der Waals surface area contributed by atoms with Crippen molar-refractivity contribution in [3.8, 4) is 16.9 Å². The van der Waals surface area contributed by atoms with E-state index in [-0.39, 0.29) is 11.4 Å². The van der Waals surface area contributed by atoms with Crippen molar-refractivity contribution in [2.75, 3.05) is 0 Å². The van der Waals surface area contributed by atoms with Crippen LogP contribution in [0.5, 0.6) is 0 Å². The maximum absolute atomic E-state index is 11.5. The molecule has 0 amide bonds. The number of nitro benzene ring substituents is 2. The smallest absolute Gasteiger partial charge is 0.258 e. The molecule has 0 aliphatic rings. The van der Waals surface area contributed by atoms with Gasteiger partial charge >= 0.3 is 5.69 Å². The molecule has 3 aromatic rings. The van der Waals surface area contributed by atoms with Crippen LogP contribution >= 0.6 is 11.3 Å². The number of rotatable bonds is 4. The minimum atomic E-state index is -0.634. The first-order chi connectivity index (χ1) is 11.9. The van der Waals surface area contributed by atoms with Crippen LogP contribution in [0.15, 0.2) is 48.5 Å². The summed E-state index contributed by atoms with van der Waals surface area (Å²) in [5, 5.41) is 23.3. The number of aryl methyl sites for hydroxylation is 2. The van der Waals surface area contributed by atoms with E-state index < -0.39 is 9.85 Å². The van der Waals surface area contributed by atoms with Crippen LogP contribution in [0.4, 0.5) is 11.4 Å². The third-order valence-electron chi connectivity index (χ3n) is 3.83. The Morgan fingerprint density at radius 3 is 2.24 bits per heavy atom. The molecular formula is C17H14N3O4S+. The summed E-state index contributed by atoms with van der Waals surface area (Å²) in [5.74, 6) is 0. The highest BCUT2D eigenvalue weighted by molar-refractivity contribution is 7.11. The topological polar surface area (TPSA) is 90.2 Å². The predicted molar refractivity (Wildman–Crippen MR) is 94.1 cm³/mol. The van der Waals surface area contributed by atoms with Gasteiger partial charge in [-0.15, -0.1) is 4.57 Å². The molecule has 0 unspecified atom stereocenters. The second-order valence-electron chi connectivity index (χ2n) is 5.41. The Balaban J connectivity index is 2.31. The fraction of sp³-hybridized carbons (Fsp3) is 0.118. The van der Waals surface area contributed by atoms with Gasteiger partial charge in [0.1, 0.15) is 6.07 Å². The Labute approximate surface area is 147 Å². The highest BCUT2D eigenvalue weighted by Crippen LogP contribution is 2.31. The van der Waals surface area contributed by atoms with Crippen LogP contribution < -0.4 is 4.57 Å². The fourth-order valence-corrected chi connectivity index (χ4v) is 3.84. The van der Waals surface area contributed by atoms with Gasteiger partial charge in [0.2, 0.25) is 10.7 Å². The van der Waals surface area contributed by atoms with Crippen molar-refractivity contribution in [2.24, 2.45) is 0 Å². The molecular weight excluding hydrogens is 342 g/mol. The SMILES string of the molecule is Cc1sc(C)[n+](-c2ccc([N+](=O)[O-])cc2[N+](=O)[O-])c1-c1ccccc1. The maximum Gasteiger partial charge on any atom is 0.347 e. The highest BCUT2D eigenvalue weighted by Gasteiger charge is 2.33. The van der Waals surface area contributed by atoms with Crippen molar-refractivity contribution >= 4 is 22.7 Å². The van der Waals surface area contributed by atoms with E-state index in [1.807, 2.05) is 44.2 Å². The number of non-ortho nitro benzene ring substituents is 1. The van der Waals surface area contributed by atoms with Gasteiger partial charge in [-0.1, -0.05) is 29.5 Å². The standard InChI is InChI=1S/C17H14N3O4S/c1-11-17(13-6-4-3-5-7-13)18(12(2)25-11)15-9-8-14(19(21)22)10-16(15)20(23)24/h3-10H,1-2H3/q+1. The van der Waals surface area contributed by atoms with Gasteiger partial charge in [-0.25, -0.2) is 0 Å². The molecule has 0 aliphatic carbocycles. The van der Waals surface area contributed by atoms with Gasteiger partial charge in [0.25, 0.3) is 11.4 Å². The molecule has 2 aromatic carbocycles. The number of aromatic nitrogens is 1. The summed E-state index contributed by atoms with van der Waals surface area (Å²) in [6, 6.07) is 13.3. The lowest BCUT2D eigenvalue weighted by molar-refractivity contribution is -0.591. The number of nitrogens with zero attached hydrogens (tertiary/aromatic N) is 3. The molecule has 25 heavy (non-hydrogen) atoms. The van der Waals surface area contributed by atoms with E-state index in [1.165, 1.54) is 23.5 Å². The summed E-state index contributed by atoms with van der Waals surface area (Å²) in [5.41, 5.74) is 1.49. The van der Waals surface area contributed by atoms with Crippen LogP contribution in [-0.4, -0.2) is 9.85 Å². The first-order valence-electron chi connectivity index (χ1n) is 7.41. The monoisotopic (exact) mass is 356 g/mol. The molecule has 0 aliphatic heterocycles. The minimum Gasteiger partial charge on any atom is -0.258 e. The Hall–Kier alpha value is -3.13. The average Bonchev–Trinajstić information content (AvgIpc) is 2.88. The second kappa shape index (κ2) is 6.40. The molecule has 0 saturated carbocycles. The highest BCUT2D eigenvalue weighted by atomic mass is 32.1. The van der Waals surface area contributed by atoms with Crippen molar-refractivity contribution < 1.29 is 14.4 Å². The molecule has 0 spiro atoms. The van der Waals surface area contributed by atoms with Crippen LogP contribution in [0.3, 0.4) is 0 Å². The number of hydrogen-bond acceptors (Lipinski definition) is 5. The zero-order valence-corrected chi connectivity index (χ0v) is 14.3. The third kappa shape index (κ3) is 2.99. The van der Waals surface area contributed by atoms with Gasteiger partial charge in [-0.2, -0.15) is 0 Å². The molecule has 126 valence electrons. The first-order valence-corrected chi connectivity index (χ1v) is 8.22. The molecule has 0 fully saturated rings. The minimum absolute atomic E-state index is 0.294. The summed E-state index contributed by atoms with van der Waals surface area (Å²) in [7, 11) is 0. The zero-order valence-electron chi connectivity index (χ0n) is 13.5. The Bertz CT molecular complexity index is 983. The number of benzene rings is 2. The number of nitro groups is 2. The molecule has 0 N–H and O–H groups in total. The Morgan fingerprint density at radius 1 is 0.960 bits per heavy atom. The number of hydrogen-bond donors (Lipinski definition) is 0. The molecule has 1 heterocycles. The molecule has 1 aromatic heterocycles. The summed E-state index contributed by atoms with van der Waals surface area (Å²) in [4.78, 5) is 22.3. The van der Waals surface area contributed by atoms with E-state index in [1.54, 1.807) is 4.57 Å². The normalized spacial score (nSPS) is 10.6. The quantitative estimate of drug-likeness (QED) is 0.399. The van der Waals surface area contributed by atoms with Crippen molar-refractivity contribution in [2.45, 2.75) is 13.8 Å². The number of thiazole rings is 1. The lowest BCUT2D eigenvalue weighted by atomic mass is 10.1. The Kier molecular flexibility index (Phi) is 4.28. The Morgan fingerprint density at radius 2 is 1.64 bits per heavy atom. The van der Waals surface area contributed by atoms with Crippen molar-refractivity contribution in [3.63, 3.8) is 0 Å². The second-order valence-corrected chi connectivity index (χ2v) is 6.82. The summed E-state index contributed by atoms with van der Waals surface area (Å²) in [6.45, 7) is 3.82. The molecule has 0 atom stereocenters. The zero-order chi connectivity index (χ0) is 18.1. The van der Waals surface area contributed by atoms with Crippen LogP contribution in [0.1, 0.15) is 9.88 Å². The van der Waals surface area contributed by atoms with Gasteiger partial charge in [0.05, 0.1) is 14.7 Å². The first kappa shape index (κ1) is 16.7. The predicted octanol–water partition coefficient (Wildman–Crippen LogP) is 4.13. The lowest BCUT2D eigenvalue weighted by Gasteiger charge is -2.02. The van der Waals surface area contributed by atoms with Gasteiger partial charge in [-0.3, -0.25) is 20.2 Å². The van der Waals surface area contributed by atoms with Crippen LogP contribution in [0.2, 0.25) is 0 Å². The van der Waals surface area contributed by atoms with Crippen molar-refractivity contribution in [1.29, 1.82) is 0 Å². The summed E-state index contributed by atoms with van der Waals surface area (Å²) < 4.78 is 1.79. The van der Waals surface area contributed by atoms with E-state index in [4.69, 9.17) is 0 Å². The van der Waals surface area contributed by atoms with Crippen molar-refractivity contribution in [3.05, 3.63) is 78.6 Å². The molecule has 7 nitrogen and oxygen atoms in total. The van der Waals surface area contributed by atoms with E-state index in [0.29, 0.717) is 5.69 Å². The van der Waals surface area contributed by atoms with E-state index >= 15 is 0 Å². The largest absolute Gasteiger partial charge is 0.347 e. The van der Waals surface area contributed by atoms with E-state index in [2.05, 4.69) is 0 Å². The lowest BCUT2D eigenvalue weighted by Crippen LogP contribution is -2.35. The third-order valence-corrected chi connectivity index (χ3v) is 4.80. The van der Waals surface area contributed by atoms with Crippen LogP contribution in [0, 0.1) is 34.1 Å². The molecule has 0 bridgehead atoms. The van der Waals surface area contributed by atoms with Gasteiger partial charge in [0.15, 0.2) is 0 Å². The van der Waals surface area contributed by atoms with Gasteiger partial charge in [-0.05, 0) is 19.1 Å². The average molecular weight is 356 g/mol. The van der Waals surface area contributed by atoms with Crippen LogP contribution in [0.25, 0.3) is 16.9 Å². The summed E-state index contributed by atoms with van der Waals surface area (Å²) in [6.07, 6.45) is 0. The molecule has 0 saturated heterocycles. The maximum atomic E-state index is 11.5. The van der Waals surface area contributed by atoms with Gasteiger partial charge in [0, 0.05) is 24.6 Å². The fourth-order valence-electron chi connectivity index (χ4n) is 2.81. The van der Waals surface area contributed by atoms with E-state index in [9.17, 15) is 20.2 Å². The summed E-state index contributed by atoms with van der Waals surface area (Å²) >= 11 is 1.52.